The quantitative estimate of drug-likeness (QED) is 0.495. The van der Waals surface area contributed by atoms with Crippen molar-refractivity contribution in [3.05, 3.63) is 71.3 Å². The first kappa shape index (κ1) is 16.0. The molecule has 0 aliphatic heterocycles. The van der Waals surface area contributed by atoms with Crippen LogP contribution in [0.2, 0.25) is 0 Å². The highest BCUT2D eigenvalue weighted by Crippen LogP contribution is 2.31. The van der Waals surface area contributed by atoms with Gasteiger partial charge in [0.2, 0.25) is 0 Å². The molecule has 1 aromatic heterocycles. The van der Waals surface area contributed by atoms with Crippen molar-refractivity contribution < 1.29 is 22.0 Å². The van der Waals surface area contributed by atoms with Gasteiger partial charge in [-0.05, 0) is 36.2 Å². The fourth-order valence-electron chi connectivity index (χ4n) is 2.19. The number of hydrogen-bond donors (Lipinski definition) is 0. The largest absolute Gasteiger partial charge is 0.236 e. The summed E-state index contributed by atoms with van der Waals surface area (Å²) >= 11 is 0. The Labute approximate surface area is 133 Å². The van der Waals surface area contributed by atoms with E-state index in [9.17, 15) is 22.0 Å². The monoisotopic (exact) mass is 336 g/mol. The Hall–Kier alpha value is -2.83. The summed E-state index contributed by atoms with van der Waals surface area (Å²) in [4.78, 5) is 7.81. The zero-order valence-electron chi connectivity index (χ0n) is 12.2. The summed E-state index contributed by atoms with van der Waals surface area (Å²) in [5.41, 5.74) is -0.173. The van der Waals surface area contributed by atoms with Crippen molar-refractivity contribution in [1.29, 1.82) is 0 Å². The lowest BCUT2D eigenvalue weighted by atomic mass is 10.0. The van der Waals surface area contributed by atoms with Gasteiger partial charge in [-0.1, -0.05) is 6.07 Å². The molecule has 0 radical (unpaired) electrons. The van der Waals surface area contributed by atoms with Crippen molar-refractivity contribution in [3.8, 4) is 22.5 Å². The molecule has 0 atom stereocenters. The summed E-state index contributed by atoms with van der Waals surface area (Å²) in [6.45, 7) is 1.74. The van der Waals surface area contributed by atoms with Crippen LogP contribution in [0.5, 0.6) is 0 Å². The fraction of sp³-hybridized carbons (Fsp3) is 0.0588. The molecule has 0 amide bonds. The number of aryl methyl sites for hydroxylation is 1. The average molecular weight is 336 g/mol. The van der Waals surface area contributed by atoms with Gasteiger partial charge in [0.05, 0.1) is 5.56 Å². The molecule has 0 N–H and O–H groups in total. The summed E-state index contributed by atoms with van der Waals surface area (Å²) in [6.07, 6.45) is 2.89. The smallest absolute Gasteiger partial charge is 0.194 e. The van der Waals surface area contributed by atoms with E-state index in [1.165, 1.54) is 18.5 Å². The minimum absolute atomic E-state index is 0.0278. The van der Waals surface area contributed by atoms with E-state index in [2.05, 4.69) is 9.97 Å². The van der Waals surface area contributed by atoms with Crippen LogP contribution >= 0.6 is 0 Å². The molecule has 0 saturated carbocycles. The minimum atomic E-state index is -1.68. The number of benzene rings is 2. The molecule has 24 heavy (non-hydrogen) atoms. The van der Waals surface area contributed by atoms with Crippen molar-refractivity contribution in [2.75, 3.05) is 0 Å². The Morgan fingerprint density at radius 3 is 1.79 bits per heavy atom. The van der Waals surface area contributed by atoms with Crippen LogP contribution in [-0.4, -0.2) is 9.97 Å². The van der Waals surface area contributed by atoms with Crippen molar-refractivity contribution in [2.24, 2.45) is 0 Å². The third kappa shape index (κ3) is 2.73. The fourth-order valence-corrected chi connectivity index (χ4v) is 2.19. The van der Waals surface area contributed by atoms with Gasteiger partial charge in [0.1, 0.15) is 0 Å². The predicted octanol–water partition coefficient (Wildman–Crippen LogP) is 4.81. The van der Waals surface area contributed by atoms with Gasteiger partial charge < -0.3 is 0 Å². The molecular formula is C17H9F5N2. The van der Waals surface area contributed by atoms with Gasteiger partial charge in [0, 0.05) is 18.0 Å². The first-order valence-electron chi connectivity index (χ1n) is 6.80. The molecule has 122 valence electrons. The second-order valence-corrected chi connectivity index (χ2v) is 5.13. The zero-order chi connectivity index (χ0) is 17.4. The van der Waals surface area contributed by atoms with Crippen molar-refractivity contribution in [3.63, 3.8) is 0 Å². The van der Waals surface area contributed by atoms with Gasteiger partial charge in [-0.3, -0.25) is 0 Å². The summed E-state index contributed by atoms with van der Waals surface area (Å²) in [6, 6.07) is 3.51. The zero-order valence-corrected chi connectivity index (χ0v) is 12.2. The van der Waals surface area contributed by atoms with Crippen LogP contribution in [0.3, 0.4) is 0 Å². The van der Waals surface area contributed by atoms with Gasteiger partial charge in [0.25, 0.3) is 0 Å². The van der Waals surface area contributed by atoms with E-state index in [1.54, 1.807) is 6.92 Å². The van der Waals surface area contributed by atoms with Crippen molar-refractivity contribution >= 4 is 0 Å². The van der Waals surface area contributed by atoms with E-state index in [-0.39, 0.29) is 17.0 Å². The summed E-state index contributed by atoms with van der Waals surface area (Å²) < 4.78 is 68.2. The Morgan fingerprint density at radius 2 is 1.21 bits per heavy atom. The summed E-state index contributed by atoms with van der Waals surface area (Å²) in [5, 5.41) is 0. The molecule has 0 fully saturated rings. The lowest BCUT2D eigenvalue weighted by Crippen LogP contribution is -1.99. The first-order valence-corrected chi connectivity index (χ1v) is 6.80. The Bertz CT molecular complexity index is 900. The third-order valence-corrected chi connectivity index (χ3v) is 3.40. The van der Waals surface area contributed by atoms with Crippen LogP contribution in [0.4, 0.5) is 22.0 Å². The van der Waals surface area contributed by atoms with Gasteiger partial charge in [-0.15, -0.1) is 0 Å². The minimum Gasteiger partial charge on any atom is -0.236 e. The highest BCUT2D eigenvalue weighted by molar-refractivity contribution is 5.69. The third-order valence-electron chi connectivity index (χ3n) is 3.40. The van der Waals surface area contributed by atoms with Crippen LogP contribution in [-0.2, 0) is 0 Å². The van der Waals surface area contributed by atoms with E-state index in [1.807, 2.05) is 0 Å². The van der Waals surface area contributed by atoms with E-state index in [4.69, 9.17) is 0 Å². The van der Waals surface area contributed by atoms with E-state index >= 15 is 0 Å². The number of rotatable bonds is 2. The molecule has 3 aromatic rings. The highest BCUT2D eigenvalue weighted by Gasteiger charge is 2.19. The summed E-state index contributed by atoms with van der Waals surface area (Å²) in [5.74, 6) is -7.28. The van der Waals surface area contributed by atoms with Crippen LogP contribution < -0.4 is 0 Å². The lowest BCUT2D eigenvalue weighted by molar-refractivity contribution is 0.447. The predicted molar refractivity (Wildman–Crippen MR) is 77.4 cm³/mol. The maximum Gasteiger partial charge on any atom is 0.194 e. The Morgan fingerprint density at radius 1 is 0.708 bits per heavy atom. The molecular weight excluding hydrogens is 327 g/mol. The maximum atomic E-state index is 14.3. The number of halogens is 5. The molecule has 0 unspecified atom stereocenters. The van der Waals surface area contributed by atoms with Gasteiger partial charge >= 0.3 is 0 Å². The van der Waals surface area contributed by atoms with Gasteiger partial charge in [-0.2, -0.15) is 0 Å². The molecule has 2 aromatic carbocycles. The average Bonchev–Trinajstić information content (AvgIpc) is 2.56. The van der Waals surface area contributed by atoms with Crippen LogP contribution in [0.1, 0.15) is 5.56 Å². The van der Waals surface area contributed by atoms with E-state index in [0.29, 0.717) is 12.1 Å². The topological polar surface area (TPSA) is 25.8 Å². The van der Waals surface area contributed by atoms with Gasteiger partial charge in [0.15, 0.2) is 34.9 Å². The summed E-state index contributed by atoms with van der Waals surface area (Å²) in [7, 11) is 0. The molecule has 0 aliphatic carbocycles. The highest BCUT2D eigenvalue weighted by atomic mass is 19.2. The van der Waals surface area contributed by atoms with Gasteiger partial charge in [-0.25, -0.2) is 31.9 Å². The number of nitrogens with zero attached hydrogens (tertiary/aromatic N) is 2. The Balaban J connectivity index is 2.13. The number of hydrogen-bond acceptors (Lipinski definition) is 2. The molecule has 0 bridgehead atoms. The van der Waals surface area contributed by atoms with E-state index in [0.717, 1.165) is 11.6 Å². The lowest BCUT2D eigenvalue weighted by Gasteiger charge is -2.09. The normalized spacial score (nSPS) is 10.9. The van der Waals surface area contributed by atoms with Crippen molar-refractivity contribution in [2.45, 2.75) is 6.92 Å². The molecule has 7 heteroatoms. The molecule has 1 heterocycles. The standard InChI is InChI=1S/C17H9F5N2/c1-8-6-23-17(24-7-8)11-3-2-10(14(20)15(11)21)9-4-12(18)16(22)13(19)5-9/h2-7H,1H3. The van der Waals surface area contributed by atoms with Crippen LogP contribution in [0.15, 0.2) is 36.7 Å². The molecule has 0 aliphatic rings. The second-order valence-electron chi connectivity index (χ2n) is 5.13. The molecule has 3 rings (SSSR count). The SMILES string of the molecule is Cc1cnc(-c2ccc(-c3cc(F)c(F)c(F)c3)c(F)c2F)nc1. The van der Waals surface area contributed by atoms with E-state index < -0.39 is 34.6 Å². The first-order chi connectivity index (χ1) is 11.4. The van der Waals surface area contributed by atoms with Crippen LogP contribution in [0, 0.1) is 36.0 Å². The molecule has 0 spiro atoms. The second kappa shape index (κ2) is 5.99. The number of aromatic nitrogens is 2. The van der Waals surface area contributed by atoms with Crippen LogP contribution in [0.25, 0.3) is 22.5 Å². The molecule has 0 saturated heterocycles. The Kier molecular flexibility index (Phi) is 4.01. The van der Waals surface area contributed by atoms with Crippen molar-refractivity contribution in [1.82, 2.24) is 9.97 Å². The molecule has 2 nitrogen and oxygen atoms in total. The maximum absolute atomic E-state index is 14.3.